The first-order valence-corrected chi connectivity index (χ1v) is 7.89. The highest BCUT2D eigenvalue weighted by Gasteiger charge is 2.47. The molecular weight excluding hydrogens is 366 g/mol. The van der Waals surface area contributed by atoms with Crippen molar-refractivity contribution in [3.05, 3.63) is 16.7 Å². The van der Waals surface area contributed by atoms with Crippen LogP contribution in [0.5, 0.6) is 0 Å². The Morgan fingerprint density at radius 3 is 2.81 bits per heavy atom. The van der Waals surface area contributed by atoms with E-state index < -0.39 is 61.5 Å². The number of carboxylic acids is 1. The van der Waals surface area contributed by atoms with Crippen LogP contribution in [0, 0.1) is 0 Å². The molecule has 0 spiro atoms. The summed E-state index contributed by atoms with van der Waals surface area (Å²) in [5, 5.41) is 28.6. The Morgan fingerprint density at radius 2 is 2.15 bits per heavy atom. The number of ether oxygens (including phenoxy) is 2. The number of rotatable bonds is 6. The van der Waals surface area contributed by atoms with Crippen LogP contribution in [0.25, 0.3) is 11.2 Å². The summed E-state index contributed by atoms with van der Waals surface area (Å²) in [6.45, 7) is -0.576. The van der Waals surface area contributed by atoms with Gasteiger partial charge in [-0.15, -0.1) is 0 Å². The number of anilines is 1. The van der Waals surface area contributed by atoms with E-state index in [-0.39, 0.29) is 17.1 Å². The highest BCUT2D eigenvalue weighted by Crippen LogP contribution is 2.33. The Bertz CT molecular complexity index is 924. The zero-order chi connectivity index (χ0) is 19.7. The van der Waals surface area contributed by atoms with Crippen LogP contribution in [0.2, 0.25) is 0 Å². The van der Waals surface area contributed by atoms with Crippen molar-refractivity contribution in [1.82, 2.24) is 19.5 Å². The maximum absolute atomic E-state index is 11.9. The van der Waals surface area contributed by atoms with Gasteiger partial charge in [0.15, 0.2) is 23.5 Å². The molecule has 6 N–H and O–H groups in total. The maximum atomic E-state index is 11.9. The molecule has 3 heterocycles. The van der Waals surface area contributed by atoms with Gasteiger partial charge in [-0.25, -0.2) is 4.98 Å². The number of aromatic nitrogens is 4. The number of aliphatic carboxylic acids is 1. The van der Waals surface area contributed by atoms with Crippen LogP contribution in [-0.2, 0) is 19.1 Å². The fourth-order valence-corrected chi connectivity index (χ4v) is 2.79. The summed E-state index contributed by atoms with van der Waals surface area (Å²) in [4.78, 5) is 44.3. The molecule has 1 saturated heterocycles. The molecule has 1 aliphatic heterocycles. The van der Waals surface area contributed by atoms with Crippen LogP contribution in [-0.4, -0.2) is 71.7 Å². The SMILES string of the molecule is Nc1nc2c(ncn2[C@@H]2O[C@H](CO)[C@@H](OC(=O)CCC(=O)O)[C@H]2O)c(=O)[nH]1. The average Bonchev–Trinajstić information content (AvgIpc) is 3.15. The van der Waals surface area contributed by atoms with Crippen molar-refractivity contribution in [3.8, 4) is 0 Å². The normalized spacial score (nSPS) is 25.0. The fraction of sp³-hybridized carbons (Fsp3) is 0.500. The van der Waals surface area contributed by atoms with Crippen LogP contribution in [0.1, 0.15) is 19.1 Å². The average molecular weight is 383 g/mol. The lowest BCUT2D eigenvalue weighted by Crippen LogP contribution is -2.38. The number of carbonyl (C=O) groups excluding carboxylic acids is 1. The lowest BCUT2D eigenvalue weighted by atomic mass is 10.1. The third-order valence-electron chi connectivity index (χ3n) is 4.02. The largest absolute Gasteiger partial charge is 0.481 e. The number of carbonyl (C=O) groups is 2. The third-order valence-corrected chi connectivity index (χ3v) is 4.02. The van der Waals surface area contributed by atoms with E-state index in [0.717, 1.165) is 0 Å². The first kappa shape index (κ1) is 18.8. The van der Waals surface area contributed by atoms with Gasteiger partial charge in [-0.3, -0.25) is 23.9 Å². The summed E-state index contributed by atoms with van der Waals surface area (Å²) in [7, 11) is 0. The van der Waals surface area contributed by atoms with E-state index in [1.54, 1.807) is 0 Å². The van der Waals surface area contributed by atoms with Crippen molar-refractivity contribution in [2.75, 3.05) is 12.3 Å². The molecule has 146 valence electrons. The Balaban J connectivity index is 1.85. The molecule has 2 aromatic heterocycles. The van der Waals surface area contributed by atoms with E-state index in [0.29, 0.717) is 0 Å². The number of aliphatic hydroxyl groups is 2. The fourth-order valence-electron chi connectivity index (χ4n) is 2.79. The number of aliphatic hydroxyl groups excluding tert-OH is 2. The Morgan fingerprint density at radius 1 is 1.41 bits per heavy atom. The zero-order valence-electron chi connectivity index (χ0n) is 13.8. The topological polar surface area (TPSA) is 203 Å². The Hall–Kier alpha value is -3.03. The molecule has 27 heavy (non-hydrogen) atoms. The van der Waals surface area contributed by atoms with E-state index >= 15 is 0 Å². The van der Waals surface area contributed by atoms with E-state index in [9.17, 15) is 24.6 Å². The molecule has 0 aromatic carbocycles. The summed E-state index contributed by atoms with van der Waals surface area (Å²) < 4.78 is 11.8. The number of hydrogen-bond acceptors (Lipinski definition) is 10. The second kappa shape index (κ2) is 7.30. The van der Waals surface area contributed by atoms with E-state index in [1.807, 2.05) is 0 Å². The first-order chi connectivity index (χ1) is 12.8. The van der Waals surface area contributed by atoms with E-state index in [4.69, 9.17) is 20.3 Å². The lowest BCUT2D eigenvalue weighted by molar-refractivity contribution is -0.158. The minimum atomic E-state index is -1.43. The molecule has 0 saturated carbocycles. The molecule has 1 aliphatic rings. The van der Waals surface area contributed by atoms with Gasteiger partial charge in [0.05, 0.1) is 25.8 Å². The zero-order valence-corrected chi connectivity index (χ0v) is 13.8. The van der Waals surface area contributed by atoms with Gasteiger partial charge in [0.2, 0.25) is 5.95 Å². The highest BCUT2D eigenvalue weighted by molar-refractivity contribution is 5.76. The van der Waals surface area contributed by atoms with E-state index in [2.05, 4.69) is 15.0 Å². The van der Waals surface area contributed by atoms with Crippen LogP contribution in [0.3, 0.4) is 0 Å². The Labute approximate surface area is 150 Å². The molecule has 3 rings (SSSR count). The molecular formula is C14H17N5O8. The van der Waals surface area contributed by atoms with Crippen molar-refractivity contribution in [2.24, 2.45) is 0 Å². The number of carboxylic acid groups (broad SMARTS) is 1. The first-order valence-electron chi connectivity index (χ1n) is 7.89. The molecule has 13 heteroatoms. The number of fused-ring (bicyclic) bond motifs is 1. The summed E-state index contributed by atoms with van der Waals surface area (Å²) in [5.74, 6) is -2.21. The number of esters is 1. The number of nitrogens with zero attached hydrogens (tertiary/aromatic N) is 3. The van der Waals surface area contributed by atoms with Gasteiger partial charge >= 0.3 is 11.9 Å². The standard InChI is InChI=1S/C14H17N5O8/c15-14-17-11-8(12(25)18-14)16-4-19(11)13-9(24)10(5(3-20)26-13)27-7(23)2-1-6(21)22/h4-5,9-10,13,20,24H,1-3H2,(H,21,22)(H3,15,17,18,25)/t5-,9-,10-,13-/m1/s1. The van der Waals surface area contributed by atoms with Crippen molar-refractivity contribution in [1.29, 1.82) is 0 Å². The van der Waals surface area contributed by atoms with Gasteiger partial charge < -0.3 is 30.5 Å². The molecule has 0 aliphatic carbocycles. The maximum Gasteiger partial charge on any atom is 0.306 e. The molecule has 13 nitrogen and oxygen atoms in total. The quantitative estimate of drug-likeness (QED) is 0.336. The van der Waals surface area contributed by atoms with Gasteiger partial charge in [-0.05, 0) is 0 Å². The second-order valence-corrected chi connectivity index (χ2v) is 5.86. The van der Waals surface area contributed by atoms with Crippen LogP contribution in [0.4, 0.5) is 5.95 Å². The van der Waals surface area contributed by atoms with E-state index in [1.165, 1.54) is 10.9 Å². The number of nitrogens with one attached hydrogen (secondary N) is 1. The molecule has 0 radical (unpaired) electrons. The van der Waals surface area contributed by atoms with Crippen molar-refractivity contribution in [2.45, 2.75) is 37.4 Å². The Kier molecular flexibility index (Phi) is 5.07. The van der Waals surface area contributed by atoms with Gasteiger partial charge in [0, 0.05) is 0 Å². The van der Waals surface area contributed by atoms with Crippen LogP contribution >= 0.6 is 0 Å². The predicted molar refractivity (Wildman–Crippen MR) is 86.3 cm³/mol. The smallest absolute Gasteiger partial charge is 0.306 e. The summed E-state index contributed by atoms with van der Waals surface area (Å²) in [6.07, 6.45) is -4.57. The van der Waals surface area contributed by atoms with Crippen LogP contribution in [0.15, 0.2) is 11.1 Å². The molecule has 4 atom stereocenters. The van der Waals surface area contributed by atoms with Gasteiger partial charge in [-0.1, -0.05) is 0 Å². The number of nitrogen functional groups attached to an aromatic ring is 1. The van der Waals surface area contributed by atoms with Crippen molar-refractivity contribution >= 4 is 29.1 Å². The molecule has 0 unspecified atom stereocenters. The molecule has 0 amide bonds. The second-order valence-electron chi connectivity index (χ2n) is 5.86. The number of aromatic amines is 1. The van der Waals surface area contributed by atoms with Crippen LogP contribution < -0.4 is 11.3 Å². The number of nitrogens with two attached hydrogens (primary N) is 1. The number of imidazole rings is 1. The summed E-state index contributed by atoms with van der Waals surface area (Å²) in [5.41, 5.74) is 4.94. The number of hydrogen-bond donors (Lipinski definition) is 5. The van der Waals surface area contributed by atoms with Gasteiger partial charge in [0.1, 0.15) is 12.2 Å². The van der Waals surface area contributed by atoms with Crippen molar-refractivity contribution in [3.63, 3.8) is 0 Å². The minimum Gasteiger partial charge on any atom is -0.481 e. The molecule has 0 bridgehead atoms. The van der Waals surface area contributed by atoms with Gasteiger partial charge in [-0.2, -0.15) is 4.98 Å². The predicted octanol–water partition coefficient (Wildman–Crippen LogP) is -2.27. The number of H-pyrrole nitrogens is 1. The van der Waals surface area contributed by atoms with Gasteiger partial charge in [0.25, 0.3) is 5.56 Å². The summed E-state index contributed by atoms with van der Waals surface area (Å²) >= 11 is 0. The summed E-state index contributed by atoms with van der Waals surface area (Å²) in [6, 6.07) is 0. The van der Waals surface area contributed by atoms with Crippen molar-refractivity contribution < 1.29 is 34.4 Å². The monoisotopic (exact) mass is 383 g/mol. The molecule has 1 fully saturated rings. The highest BCUT2D eigenvalue weighted by atomic mass is 16.6. The third kappa shape index (κ3) is 3.60. The lowest BCUT2D eigenvalue weighted by Gasteiger charge is -2.19. The molecule has 2 aromatic rings. The minimum absolute atomic E-state index is 0.0369.